The molecule has 0 bridgehead atoms. The first-order valence-electron chi connectivity index (χ1n) is 13.1. The van der Waals surface area contributed by atoms with Crippen LogP contribution in [0.2, 0.25) is 0 Å². The van der Waals surface area contributed by atoms with Gasteiger partial charge in [0.1, 0.15) is 29.2 Å². The average Bonchev–Trinajstić information content (AvgIpc) is 3.09. The fourth-order valence-electron chi connectivity index (χ4n) is 4.04. The lowest BCUT2D eigenvalue weighted by Gasteiger charge is -2.39. The van der Waals surface area contributed by atoms with E-state index < -0.39 is 52.3 Å². The summed E-state index contributed by atoms with van der Waals surface area (Å²) in [5, 5.41) is 0. The molecule has 0 saturated carbocycles. The number of benzene rings is 1. The number of halogens is 3. The predicted molar refractivity (Wildman–Crippen MR) is 139 cm³/mol. The third kappa shape index (κ3) is 8.72. The number of unbranched alkanes of at least 4 members (excludes halogenated alkanes) is 2. The summed E-state index contributed by atoms with van der Waals surface area (Å²) in [7, 11) is 0. The summed E-state index contributed by atoms with van der Waals surface area (Å²) in [5.41, 5.74) is -0.872. The number of ether oxygens (including phenoxy) is 4. The summed E-state index contributed by atoms with van der Waals surface area (Å²) in [6.07, 6.45) is -2.74. The summed E-state index contributed by atoms with van der Waals surface area (Å²) in [6.45, 7) is 11.9. The van der Waals surface area contributed by atoms with Crippen LogP contribution in [0.4, 0.5) is 18.0 Å². The lowest BCUT2D eigenvalue weighted by Crippen LogP contribution is -2.63. The Balaban J connectivity index is 2.09. The zero-order valence-corrected chi connectivity index (χ0v) is 24.1. The maximum atomic E-state index is 13.7. The molecule has 0 radical (unpaired) electrons. The van der Waals surface area contributed by atoms with Gasteiger partial charge in [0.15, 0.2) is 0 Å². The molecule has 1 saturated heterocycles. The second kappa shape index (κ2) is 13.1. The zero-order chi connectivity index (χ0) is 30.4. The molecule has 0 aromatic heterocycles. The van der Waals surface area contributed by atoms with E-state index in [4.69, 9.17) is 18.9 Å². The summed E-state index contributed by atoms with van der Waals surface area (Å²) in [6, 6.07) is 2.82. The number of hydrogen-bond donors (Lipinski definition) is 2. The smallest absolute Gasteiger partial charge is 0.419 e. The normalized spacial score (nSPS) is 18.8. The second-order valence-corrected chi connectivity index (χ2v) is 11.1. The van der Waals surface area contributed by atoms with E-state index >= 15 is 0 Å². The highest BCUT2D eigenvalue weighted by molar-refractivity contribution is 5.97. The van der Waals surface area contributed by atoms with Gasteiger partial charge in [0.25, 0.3) is 11.8 Å². The maximum Gasteiger partial charge on any atom is 0.419 e. The molecule has 1 unspecified atom stereocenters. The van der Waals surface area contributed by atoms with Crippen molar-refractivity contribution in [3.8, 4) is 5.75 Å². The number of nitrogens with zero attached hydrogens (tertiary/aromatic N) is 1. The molecule has 1 aliphatic heterocycles. The van der Waals surface area contributed by atoms with Gasteiger partial charge in [-0.15, -0.1) is 0 Å². The number of alkyl halides is 3. The molecule has 1 fully saturated rings. The van der Waals surface area contributed by atoms with Crippen molar-refractivity contribution >= 4 is 17.9 Å². The van der Waals surface area contributed by atoms with Crippen LogP contribution >= 0.6 is 0 Å². The second-order valence-electron chi connectivity index (χ2n) is 11.1. The summed E-state index contributed by atoms with van der Waals surface area (Å²) in [5.74, 6) is -2.28. The molecule has 1 heterocycles. The standard InChI is InChI=1S/C27H40F3N3O7/c1-8-9-10-13-37-14-15-38-20-12-11-18(16-19(20)27(28,29)30)21(34)31-32-22(35)26(7)17-39-25(5,6)33(26)23(36)40-24(2,3)4/h11-12,16H,8-10,13-15,17H2,1-7H3,(H,31,34)(H,32,35). The van der Waals surface area contributed by atoms with Gasteiger partial charge in [-0.3, -0.25) is 25.3 Å². The minimum Gasteiger partial charge on any atom is -0.491 e. The van der Waals surface area contributed by atoms with Gasteiger partial charge >= 0.3 is 12.3 Å². The Morgan fingerprint density at radius 1 is 1.02 bits per heavy atom. The highest BCUT2D eigenvalue weighted by Crippen LogP contribution is 2.38. The first kappa shape index (κ1) is 33.1. The molecular weight excluding hydrogens is 535 g/mol. The van der Waals surface area contributed by atoms with Gasteiger partial charge in [0.05, 0.1) is 18.8 Å². The highest BCUT2D eigenvalue weighted by Gasteiger charge is 2.57. The first-order chi connectivity index (χ1) is 18.4. The Morgan fingerprint density at radius 3 is 2.30 bits per heavy atom. The highest BCUT2D eigenvalue weighted by atomic mass is 19.4. The molecule has 0 aliphatic carbocycles. The van der Waals surface area contributed by atoms with E-state index in [1.54, 1.807) is 34.6 Å². The molecule has 0 spiro atoms. The summed E-state index contributed by atoms with van der Waals surface area (Å²) < 4.78 is 62.8. The Kier molecular flexibility index (Phi) is 10.8. The predicted octanol–water partition coefficient (Wildman–Crippen LogP) is 4.81. The number of nitrogens with one attached hydrogen (secondary N) is 2. The van der Waals surface area contributed by atoms with Crippen LogP contribution in [0, 0.1) is 0 Å². The molecule has 1 aromatic carbocycles. The number of carbonyl (C=O) groups excluding carboxylic acids is 3. The van der Waals surface area contributed by atoms with Crippen molar-refractivity contribution in [3.63, 3.8) is 0 Å². The fourth-order valence-corrected chi connectivity index (χ4v) is 4.04. The molecule has 10 nitrogen and oxygen atoms in total. The van der Waals surface area contributed by atoms with Crippen LogP contribution in [0.25, 0.3) is 0 Å². The minimum absolute atomic E-state index is 0.0953. The molecular formula is C27H40F3N3O7. The van der Waals surface area contributed by atoms with Crippen molar-refractivity contribution in [2.45, 2.75) is 90.8 Å². The van der Waals surface area contributed by atoms with E-state index in [0.717, 1.165) is 36.3 Å². The number of carbonyl (C=O) groups is 3. The van der Waals surface area contributed by atoms with Crippen LogP contribution in [-0.2, 0) is 25.2 Å². The molecule has 3 amide bonds. The first-order valence-corrected chi connectivity index (χ1v) is 13.1. The average molecular weight is 576 g/mol. The van der Waals surface area contributed by atoms with Crippen LogP contribution in [0.3, 0.4) is 0 Å². The minimum atomic E-state index is -4.80. The van der Waals surface area contributed by atoms with Crippen LogP contribution in [-0.4, -0.2) is 66.1 Å². The van der Waals surface area contributed by atoms with Crippen molar-refractivity contribution in [2.24, 2.45) is 0 Å². The Morgan fingerprint density at radius 2 is 1.70 bits per heavy atom. The molecule has 1 aliphatic rings. The zero-order valence-electron chi connectivity index (χ0n) is 24.1. The topological polar surface area (TPSA) is 115 Å². The number of rotatable bonds is 10. The van der Waals surface area contributed by atoms with Gasteiger partial charge in [-0.2, -0.15) is 13.2 Å². The largest absolute Gasteiger partial charge is 0.491 e. The number of amides is 3. The van der Waals surface area contributed by atoms with Gasteiger partial charge < -0.3 is 18.9 Å². The third-order valence-corrected chi connectivity index (χ3v) is 6.02. The molecule has 226 valence electrons. The van der Waals surface area contributed by atoms with Crippen molar-refractivity contribution in [2.75, 3.05) is 26.4 Å². The lowest BCUT2D eigenvalue weighted by atomic mass is 10.0. The van der Waals surface area contributed by atoms with Crippen molar-refractivity contribution in [3.05, 3.63) is 29.3 Å². The molecule has 2 N–H and O–H groups in total. The summed E-state index contributed by atoms with van der Waals surface area (Å²) >= 11 is 0. The van der Waals surface area contributed by atoms with Gasteiger partial charge in [0, 0.05) is 12.2 Å². The molecule has 13 heteroatoms. The van der Waals surface area contributed by atoms with Gasteiger partial charge in [-0.1, -0.05) is 19.8 Å². The van der Waals surface area contributed by atoms with E-state index in [0.29, 0.717) is 12.7 Å². The van der Waals surface area contributed by atoms with E-state index in [2.05, 4.69) is 10.9 Å². The van der Waals surface area contributed by atoms with Gasteiger partial charge in [-0.25, -0.2) is 4.79 Å². The van der Waals surface area contributed by atoms with Gasteiger partial charge in [-0.05, 0) is 66.2 Å². The maximum absolute atomic E-state index is 13.7. The van der Waals surface area contributed by atoms with Crippen molar-refractivity contribution < 1.29 is 46.5 Å². The number of hydrazine groups is 1. The Hall–Kier alpha value is -3.06. The number of hydrogen-bond acceptors (Lipinski definition) is 7. The SMILES string of the molecule is CCCCCOCCOc1ccc(C(=O)NNC(=O)C2(C)COC(C)(C)N2C(=O)OC(C)(C)C)cc1C(F)(F)F. The fraction of sp³-hybridized carbons (Fsp3) is 0.667. The molecule has 1 aromatic rings. The van der Waals surface area contributed by atoms with Crippen LogP contribution in [0.1, 0.15) is 83.7 Å². The monoisotopic (exact) mass is 575 g/mol. The van der Waals surface area contributed by atoms with Crippen molar-refractivity contribution in [1.29, 1.82) is 0 Å². The Labute approximate surface area is 232 Å². The van der Waals surface area contributed by atoms with E-state index in [9.17, 15) is 27.6 Å². The quantitative estimate of drug-likeness (QED) is 0.304. The third-order valence-electron chi connectivity index (χ3n) is 6.02. The lowest BCUT2D eigenvalue weighted by molar-refractivity contribution is -0.139. The van der Waals surface area contributed by atoms with E-state index in [1.165, 1.54) is 6.92 Å². The van der Waals surface area contributed by atoms with Crippen LogP contribution < -0.4 is 15.6 Å². The molecule has 2 rings (SSSR count). The van der Waals surface area contributed by atoms with Gasteiger partial charge in [0.2, 0.25) is 0 Å². The van der Waals surface area contributed by atoms with Crippen molar-refractivity contribution in [1.82, 2.24) is 15.8 Å². The summed E-state index contributed by atoms with van der Waals surface area (Å²) in [4.78, 5) is 39.8. The van der Waals surface area contributed by atoms with E-state index in [1.807, 2.05) is 6.92 Å². The Bertz CT molecular complexity index is 1060. The molecule has 40 heavy (non-hydrogen) atoms. The van der Waals surface area contributed by atoms with Crippen LogP contribution in [0.15, 0.2) is 18.2 Å². The molecule has 1 atom stereocenters. The van der Waals surface area contributed by atoms with E-state index in [-0.39, 0.29) is 25.4 Å². The van der Waals surface area contributed by atoms with Crippen LogP contribution in [0.5, 0.6) is 5.75 Å².